The van der Waals surface area contributed by atoms with Crippen molar-refractivity contribution >= 4 is 5.91 Å². The number of hydrogen-bond acceptors (Lipinski definition) is 5. The normalized spacial score (nSPS) is 17.7. The predicted molar refractivity (Wildman–Crippen MR) is 110 cm³/mol. The number of amides is 1. The minimum atomic E-state index is -0.370. The lowest BCUT2D eigenvalue weighted by Gasteiger charge is -2.29. The summed E-state index contributed by atoms with van der Waals surface area (Å²) in [4.78, 5) is 21.6. The maximum atomic E-state index is 14.0. The lowest BCUT2D eigenvalue weighted by molar-refractivity contribution is 0.0710. The molecule has 156 valence electrons. The molecule has 6 nitrogen and oxygen atoms in total. The molecule has 0 spiro atoms. The summed E-state index contributed by atoms with van der Waals surface area (Å²) >= 11 is 0. The maximum Gasteiger partial charge on any atom is 0.254 e. The molecule has 1 aliphatic heterocycles. The number of aryl methyl sites for hydroxylation is 2. The number of halogens is 1. The highest BCUT2D eigenvalue weighted by Gasteiger charge is 2.32. The Morgan fingerprint density at radius 3 is 2.67 bits per heavy atom. The van der Waals surface area contributed by atoms with Gasteiger partial charge in [0.05, 0.1) is 0 Å². The topological polar surface area (TPSA) is 62.5 Å². The first-order chi connectivity index (χ1) is 14.5. The van der Waals surface area contributed by atoms with Gasteiger partial charge < -0.3 is 9.42 Å². The predicted octanol–water partition coefficient (Wildman–Crippen LogP) is 3.91. The Kier molecular flexibility index (Phi) is 5.90. The average Bonchev–Trinajstić information content (AvgIpc) is 3.07. The molecule has 1 amide bonds. The molecule has 0 bridgehead atoms. The van der Waals surface area contributed by atoms with Crippen LogP contribution in [0.15, 0.2) is 53.1 Å². The van der Waals surface area contributed by atoms with Crippen molar-refractivity contribution in [2.45, 2.75) is 32.9 Å². The zero-order chi connectivity index (χ0) is 21.1. The van der Waals surface area contributed by atoms with E-state index in [0.29, 0.717) is 42.5 Å². The van der Waals surface area contributed by atoms with Crippen molar-refractivity contribution in [3.63, 3.8) is 0 Å². The van der Waals surface area contributed by atoms with Gasteiger partial charge in [-0.3, -0.25) is 9.69 Å². The average molecular weight is 408 g/mol. The molecule has 30 heavy (non-hydrogen) atoms. The van der Waals surface area contributed by atoms with Crippen molar-refractivity contribution in [3.05, 3.63) is 82.8 Å². The number of carbonyl (C=O) groups excluding carboxylic acids is 1. The lowest BCUT2D eigenvalue weighted by atomic mass is 10.1. The van der Waals surface area contributed by atoms with Crippen LogP contribution in [0.25, 0.3) is 0 Å². The van der Waals surface area contributed by atoms with E-state index >= 15 is 0 Å². The van der Waals surface area contributed by atoms with Crippen molar-refractivity contribution in [1.82, 2.24) is 19.9 Å². The van der Waals surface area contributed by atoms with E-state index in [4.69, 9.17) is 4.52 Å². The summed E-state index contributed by atoms with van der Waals surface area (Å²) in [5, 5.41) is 3.95. The number of rotatable bonds is 4. The molecule has 1 saturated heterocycles. The first-order valence-corrected chi connectivity index (χ1v) is 10.1. The lowest BCUT2D eigenvalue weighted by Crippen LogP contribution is -2.37. The zero-order valence-corrected chi connectivity index (χ0v) is 17.2. The van der Waals surface area contributed by atoms with Crippen LogP contribution in [0.2, 0.25) is 0 Å². The monoisotopic (exact) mass is 408 g/mol. The Bertz CT molecular complexity index is 1020. The molecule has 4 rings (SSSR count). The largest absolute Gasteiger partial charge is 0.338 e. The second-order valence-electron chi connectivity index (χ2n) is 7.72. The second kappa shape index (κ2) is 8.75. The van der Waals surface area contributed by atoms with Crippen LogP contribution in [0.5, 0.6) is 0 Å². The SMILES string of the molecule is Cc1noc(C2CN(C(=O)c3ccc(C)c(F)c3)CCCN2Cc2ccccc2)n1. The van der Waals surface area contributed by atoms with E-state index in [1.807, 2.05) is 18.2 Å². The second-order valence-corrected chi connectivity index (χ2v) is 7.72. The standard InChI is InChI=1S/C23H25FN4O2/c1-16-9-10-19(13-20(16)24)23(29)28-12-6-11-27(14-18-7-4-3-5-8-18)21(15-28)22-25-17(2)26-30-22/h3-5,7-10,13,21H,6,11-12,14-15H2,1-2H3. The summed E-state index contributed by atoms with van der Waals surface area (Å²) in [6, 6.07) is 14.6. The van der Waals surface area contributed by atoms with Crippen LogP contribution in [-0.4, -0.2) is 45.5 Å². The van der Waals surface area contributed by atoms with Crippen molar-refractivity contribution in [3.8, 4) is 0 Å². The van der Waals surface area contributed by atoms with Crippen LogP contribution in [0.1, 0.15) is 45.7 Å². The van der Waals surface area contributed by atoms with Gasteiger partial charge in [0, 0.05) is 31.7 Å². The van der Waals surface area contributed by atoms with E-state index < -0.39 is 0 Å². The molecule has 1 atom stereocenters. The van der Waals surface area contributed by atoms with Gasteiger partial charge in [-0.2, -0.15) is 4.98 Å². The zero-order valence-electron chi connectivity index (χ0n) is 17.2. The molecule has 0 saturated carbocycles. The van der Waals surface area contributed by atoms with Crippen molar-refractivity contribution in [2.75, 3.05) is 19.6 Å². The number of hydrogen-bond donors (Lipinski definition) is 0. The van der Waals surface area contributed by atoms with Gasteiger partial charge >= 0.3 is 0 Å². The van der Waals surface area contributed by atoms with Crippen LogP contribution < -0.4 is 0 Å². The van der Waals surface area contributed by atoms with Gasteiger partial charge in [-0.05, 0) is 43.5 Å². The summed E-state index contributed by atoms with van der Waals surface area (Å²) in [7, 11) is 0. The van der Waals surface area contributed by atoms with Gasteiger partial charge in [-0.15, -0.1) is 0 Å². The molecule has 1 aliphatic rings. The van der Waals surface area contributed by atoms with Crippen LogP contribution in [0.3, 0.4) is 0 Å². The van der Waals surface area contributed by atoms with E-state index in [1.54, 1.807) is 30.9 Å². The minimum Gasteiger partial charge on any atom is -0.338 e. The van der Waals surface area contributed by atoms with Crippen LogP contribution in [-0.2, 0) is 6.54 Å². The third-order valence-electron chi connectivity index (χ3n) is 5.47. The summed E-state index contributed by atoms with van der Waals surface area (Å²) in [6.07, 6.45) is 0.802. The summed E-state index contributed by atoms with van der Waals surface area (Å²) < 4.78 is 19.5. The Labute approximate surface area is 175 Å². The summed E-state index contributed by atoms with van der Waals surface area (Å²) in [5.41, 5.74) is 2.06. The fourth-order valence-corrected chi connectivity index (χ4v) is 3.82. The van der Waals surface area contributed by atoms with Gasteiger partial charge in [-0.1, -0.05) is 41.6 Å². The number of benzene rings is 2. The Morgan fingerprint density at radius 2 is 1.97 bits per heavy atom. The molecule has 1 unspecified atom stereocenters. The molecule has 1 aromatic heterocycles. The molecule has 3 aromatic rings. The van der Waals surface area contributed by atoms with Gasteiger partial charge in [0.1, 0.15) is 11.9 Å². The van der Waals surface area contributed by atoms with E-state index in [-0.39, 0.29) is 17.8 Å². The van der Waals surface area contributed by atoms with Gasteiger partial charge in [-0.25, -0.2) is 4.39 Å². The van der Waals surface area contributed by atoms with Gasteiger partial charge in [0.15, 0.2) is 5.82 Å². The summed E-state index contributed by atoms with van der Waals surface area (Å²) in [6.45, 7) is 5.96. The fraction of sp³-hybridized carbons (Fsp3) is 0.348. The minimum absolute atomic E-state index is 0.184. The molecule has 0 radical (unpaired) electrons. The quantitative estimate of drug-likeness (QED) is 0.655. The van der Waals surface area contributed by atoms with E-state index in [2.05, 4.69) is 27.2 Å². The highest BCUT2D eigenvalue weighted by Crippen LogP contribution is 2.27. The molecule has 7 heteroatoms. The smallest absolute Gasteiger partial charge is 0.254 e. The van der Waals surface area contributed by atoms with Crippen LogP contribution >= 0.6 is 0 Å². The van der Waals surface area contributed by atoms with Crippen LogP contribution in [0, 0.1) is 19.7 Å². The molecule has 1 fully saturated rings. The summed E-state index contributed by atoms with van der Waals surface area (Å²) in [5.74, 6) is 0.507. The van der Waals surface area contributed by atoms with E-state index in [9.17, 15) is 9.18 Å². The van der Waals surface area contributed by atoms with Crippen LogP contribution in [0.4, 0.5) is 4.39 Å². The Hall–Kier alpha value is -3.06. The molecular weight excluding hydrogens is 383 g/mol. The molecule has 2 aromatic carbocycles. The number of aromatic nitrogens is 2. The Morgan fingerprint density at radius 1 is 1.17 bits per heavy atom. The fourth-order valence-electron chi connectivity index (χ4n) is 3.82. The first kappa shape index (κ1) is 20.2. The molecule has 2 heterocycles. The molecule has 0 N–H and O–H groups in total. The molecule has 0 aliphatic carbocycles. The van der Waals surface area contributed by atoms with Crippen molar-refractivity contribution < 1.29 is 13.7 Å². The Balaban J connectivity index is 1.61. The first-order valence-electron chi connectivity index (χ1n) is 10.1. The van der Waals surface area contributed by atoms with E-state index in [1.165, 1.54) is 11.6 Å². The van der Waals surface area contributed by atoms with Gasteiger partial charge in [0.2, 0.25) is 5.89 Å². The highest BCUT2D eigenvalue weighted by atomic mass is 19.1. The maximum absolute atomic E-state index is 14.0. The van der Waals surface area contributed by atoms with Crippen molar-refractivity contribution in [2.24, 2.45) is 0 Å². The third-order valence-corrected chi connectivity index (χ3v) is 5.47. The molecular formula is C23H25FN4O2. The highest BCUT2D eigenvalue weighted by molar-refractivity contribution is 5.94. The third kappa shape index (κ3) is 4.41. The van der Waals surface area contributed by atoms with E-state index in [0.717, 1.165) is 13.0 Å². The number of nitrogens with zero attached hydrogens (tertiary/aromatic N) is 4. The van der Waals surface area contributed by atoms with Gasteiger partial charge in [0.25, 0.3) is 5.91 Å². The number of carbonyl (C=O) groups is 1. The van der Waals surface area contributed by atoms with Crippen molar-refractivity contribution in [1.29, 1.82) is 0 Å².